The van der Waals surface area contributed by atoms with Crippen LogP contribution in [-0.4, -0.2) is 58.7 Å². The number of unbranched alkanes of at least 4 members (excludes halogenated alkanes) is 1. The third-order valence-corrected chi connectivity index (χ3v) is 5.39. The summed E-state index contributed by atoms with van der Waals surface area (Å²) < 4.78 is 5.17. The molecule has 0 radical (unpaired) electrons. The molecule has 0 heterocycles. The summed E-state index contributed by atoms with van der Waals surface area (Å²) in [7, 11) is 0. The Bertz CT molecular complexity index is 836. The van der Waals surface area contributed by atoms with Gasteiger partial charge in [-0.1, -0.05) is 13.8 Å². The number of hydrogen-bond acceptors (Lipinski definition) is 9. The summed E-state index contributed by atoms with van der Waals surface area (Å²) in [6.07, 6.45) is 1.35. The maximum atomic E-state index is 13.1. The monoisotopic (exact) mass is 496 g/mol. The number of hydrogen-bond donors (Lipinski definition) is 5. The number of carboxylic acid groups (broad SMARTS) is 1. The number of nitrogens with one attached hydrogen (secondary N) is 3. The van der Waals surface area contributed by atoms with E-state index in [9.17, 15) is 29.1 Å². The molecule has 1 amide bonds. The molecule has 0 aliphatic heterocycles. The lowest BCUT2D eigenvalue weighted by Gasteiger charge is -2.30. The van der Waals surface area contributed by atoms with E-state index in [1.54, 1.807) is 27.7 Å². The average molecular weight is 497 g/mol. The molecule has 0 aromatic heterocycles. The van der Waals surface area contributed by atoms with Crippen molar-refractivity contribution in [3.8, 4) is 0 Å². The topological polar surface area (TPSA) is 177 Å². The highest BCUT2D eigenvalue weighted by Crippen LogP contribution is 2.34. The van der Waals surface area contributed by atoms with E-state index in [0.29, 0.717) is 19.4 Å². The minimum Gasteiger partial charge on any atom is -0.480 e. The molecule has 0 unspecified atom stereocenters. The molecular formula is C24H40N4O7. The molecule has 6 N–H and O–H groups in total. The van der Waals surface area contributed by atoms with Gasteiger partial charge in [-0.15, -0.1) is 0 Å². The van der Waals surface area contributed by atoms with Crippen molar-refractivity contribution in [3.05, 3.63) is 11.3 Å². The van der Waals surface area contributed by atoms with E-state index in [4.69, 9.17) is 10.6 Å². The summed E-state index contributed by atoms with van der Waals surface area (Å²) in [5, 5.41) is 14.9. The van der Waals surface area contributed by atoms with Crippen LogP contribution in [0.5, 0.6) is 0 Å². The fraction of sp³-hybridized carbons (Fsp3) is 0.708. The maximum Gasteiger partial charge on any atom is 0.326 e. The van der Waals surface area contributed by atoms with Crippen LogP contribution in [0.15, 0.2) is 11.3 Å². The zero-order valence-electron chi connectivity index (χ0n) is 21.6. The molecule has 1 fully saturated rings. The maximum absolute atomic E-state index is 13.1. The normalized spacial score (nSPS) is 17.4. The number of rotatable bonds is 12. The number of aliphatic carboxylic acids is 1. The van der Waals surface area contributed by atoms with Gasteiger partial charge in [-0.25, -0.2) is 4.79 Å². The third-order valence-electron chi connectivity index (χ3n) is 5.39. The molecule has 1 aliphatic rings. The number of Topliss-reactive ketones (excluding diaryl/α,β-unsaturated/α-hetero) is 2. The Balaban J connectivity index is 3.06. The molecule has 11 heteroatoms. The van der Waals surface area contributed by atoms with E-state index >= 15 is 0 Å². The van der Waals surface area contributed by atoms with Crippen molar-refractivity contribution >= 4 is 29.4 Å². The highest BCUT2D eigenvalue weighted by atomic mass is 16.6. The number of ketones is 2. The van der Waals surface area contributed by atoms with Gasteiger partial charge in [-0.3, -0.25) is 30.4 Å². The van der Waals surface area contributed by atoms with E-state index < -0.39 is 47.4 Å². The molecule has 1 aliphatic carbocycles. The van der Waals surface area contributed by atoms with Crippen LogP contribution in [0.25, 0.3) is 0 Å². The molecule has 11 nitrogen and oxygen atoms in total. The minimum atomic E-state index is -1.50. The second-order valence-electron chi connectivity index (χ2n) is 10.7. The molecule has 0 bridgehead atoms. The molecule has 198 valence electrons. The van der Waals surface area contributed by atoms with E-state index in [-0.39, 0.29) is 42.1 Å². The predicted octanol–water partition coefficient (Wildman–Crippen LogP) is 1.11. The van der Waals surface area contributed by atoms with Crippen LogP contribution in [0, 0.1) is 5.41 Å². The SMILES string of the molecule is CC(N[C@@H](CCCCNN)C(=O)N[C@@H](CC(=O)OC(C)(C)C)C(=O)O)=C1C(=O)CC(C)(C)CC1=O. The number of esters is 1. The number of hydrazine groups is 1. The number of carboxylic acids is 1. The van der Waals surface area contributed by atoms with Crippen molar-refractivity contribution < 1.29 is 33.8 Å². The standard InChI is InChI=1S/C24H40N4O7/c1-14(20-17(29)12-24(5,6)13-18(20)30)27-15(9-7-8-10-26-25)21(32)28-16(22(33)34)11-19(31)35-23(2,3)4/h15-16,26-27H,7-13,25H2,1-6H3,(H,28,32)(H,33,34)/t15-,16-/m0/s1. The largest absolute Gasteiger partial charge is 0.480 e. The quantitative estimate of drug-likeness (QED) is 0.0656. The Morgan fingerprint density at radius 3 is 2.11 bits per heavy atom. The number of nitrogens with two attached hydrogens (primary N) is 1. The van der Waals surface area contributed by atoms with Crippen LogP contribution in [0.4, 0.5) is 0 Å². The Morgan fingerprint density at radius 1 is 1.06 bits per heavy atom. The molecule has 0 spiro atoms. The zero-order valence-corrected chi connectivity index (χ0v) is 21.6. The first-order valence-corrected chi connectivity index (χ1v) is 11.8. The van der Waals surface area contributed by atoms with Gasteiger partial charge in [0.1, 0.15) is 17.7 Å². The van der Waals surface area contributed by atoms with E-state index in [2.05, 4.69) is 16.1 Å². The molecule has 1 saturated carbocycles. The van der Waals surface area contributed by atoms with Crippen molar-refractivity contribution in [2.75, 3.05) is 6.54 Å². The average Bonchev–Trinajstić information content (AvgIpc) is 2.66. The molecule has 0 saturated heterocycles. The Morgan fingerprint density at radius 2 is 1.63 bits per heavy atom. The van der Waals surface area contributed by atoms with Crippen molar-refractivity contribution in [1.29, 1.82) is 0 Å². The molecule has 2 atom stereocenters. The Hall–Kier alpha value is -2.79. The second kappa shape index (κ2) is 12.8. The first kappa shape index (κ1) is 30.2. The van der Waals surface area contributed by atoms with Gasteiger partial charge in [0.15, 0.2) is 11.6 Å². The summed E-state index contributed by atoms with van der Waals surface area (Å²) in [6.45, 7) is 10.7. The zero-order chi connectivity index (χ0) is 27.0. The van der Waals surface area contributed by atoms with Crippen molar-refractivity contribution in [1.82, 2.24) is 16.1 Å². The first-order chi connectivity index (χ1) is 16.1. The summed E-state index contributed by atoms with van der Waals surface area (Å²) in [6, 6.07) is -2.43. The lowest BCUT2D eigenvalue weighted by Crippen LogP contribution is -2.51. The third kappa shape index (κ3) is 10.6. The number of allylic oxidation sites excluding steroid dienone is 2. The van der Waals surface area contributed by atoms with Crippen LogP contribution in [0.1, 0.15) is 80.1 Å². The van der Waals surface area contributed by atoms with E-state index in [0.717, 1.165) is 0 Å². The van der Waals surface area contributed by atoms with Crippen molar-refractivity contribution in [2.24, 2.45) is 11.3 Å². The van der Waals surface area contributed by atoms with Gasteiger partial charge in [0, 0.05) is 25.1 Å². The van der Waals surface area contributed by atoms with Gasteiger partial charge >= 0.3 is 11.9 Å². The van der Waals surface area contributed by atoms with Gasteiger partial charge < -0.3 is 20.5 Å². The van der Waals surface area contributed by atoms with Crippen molar-refractivity contribution in [3.63, 3.8) is 0 Å². The van der Waals surface area contributed by atoms with Crippen LogP contribution in [0.2, 0.25) is 0 Å². The summed E-state index contributed by atoms with van der Waals surface area (Å²) >= 11 is 0. The lowest BCUT2D eigenvalue weighted by molar-refractivity contribution is -0.158. The van der Waals surface area contributed by atoms with Gasteiger partial charge in [-0.05, 0) is 52.4 Å². The molecular weight excluding hydrogens is 456 g/mol. The molecule has 0 aromatic rings. The van der Waals surface area contributed by atoms with Crippen LogP contribution >= 0.6 is 0 Å². The van der Waals surface area contributed by atoms with E-state index in [1.165, 1.54) is 0 Å². The van der Waals surface area contributed by atoms with Crippen molar-refractivity contribution in [2.45, 2.75) is 97.8 Å². The van der Waals surface area contributed by atoms with Gasteiger partial charge in [0.2, 0.25) is 5.91 Å². The first-order valence-electron chi connectivity index (χ1n) is 11.8. The number of carbonyl (C=O) groups is 5. The Labute approximate surface area is 206 Å². The fourth-order valence-corrected chi connectivity index (χ4v) is 3.88. The lowest BCUT2D eigenvalue weighted by atomic mass is 9.73. The predicted molar refractivity (Wildman–Crippen MR) is 129 cm³/mol. The number of carbonyl (C=O) groups excluding carboxylic acids is 4. The molecule has 35 heavy (non-hydrogen) atoms. The summed E-state index contributed by atoms with van der Waals surface area (Å²) in [5.41, 5.74) is 1.59. The summed E-state index contributed by atoms with van der Waals surface area (Å²) in [5.74, 6) is 1.88. The van der Waals surface area contributed by atoms with Gasteiger partial charge in [0.05, 0.1) is 12.0 Å². The minimum absolute atomic E-state index is 0.0364. The van der Waals surface area contributed by atoms with Crippen LogP contribution < -0.4 is 21.9 Å². The second-order valence-corrected chi connectivity index (χ2v) is 10.7. The molecule has 1 rings (SSSR count). The van der Waals surface area contributed by atoms with E-state index in [1.807, 2.05) is 13.8 Å². The Kier molecular flexibility index (Phi) is 11.0. The number of ether oxygens (including phenoxy) is 1. The van der Waals surface area contributed by atoms with Gasteiger partial charge in [-0.2, -0.15) is 0 Å². The van der Waals surface area contributed by atoms with Crippen LogP contribution in [0.3, 0.4) is 0 Å². The fourth-order valence-electron chi connectivity index (χ4n) is 3.88. The van der Waals surface area contributed by atoms with Gasteiger partial charge in [0.25, 0.3) is 0 Å². The highest BCUT2D eigenvalue weighted by molar-refractivity contribution is 6.22. The van der Waals surface area contributed by atoms with Crippen LogP contribution in [-0.2, 0) is 28.7 Å². The number of amides is 1. The molecule has 0 aromatic carbocycles. The smallest absolute Gasteiger partial charge is 0.326 e. The highest BCUT2D eigenvalue weighted by Gasteiger charge is 2.37. The summed E-state index contributed by atoms with van der Waals surface area (Å²) in [4.78, 5) is 62.2.